The molecule has 0 amide bonds. The van der Waals surface area contributed by atoms with Crippen molar-refractivity contribution in [1.82, 2.24) is 9.55 Å². The van der Waals surface area contributed by atoms with Crippen molar-refractivity contribution < 1.29 is 4.39 Å². The van der Waals surface area contributed by atoms with E-state index in [0.717, 1.165) is 16.9 Å². The Morgan fingerprint density at radius 3 is 2.88 bits per heavy atom. The van der Waals surface area contributed by atoms with Crippen molar-refractivity contribution in [3.63, 3.8) is 0 Å². The number of halogens is 1. The lowest BCUT2D eigenvalue weighted by molar-refractivity contribution is 0.629. The molecule has 2 rings (SSSR count). The molecule has 0 aliphatic carbocycles. The summed E-state index contributed by atoms with van der Waals surface area (Å²) in [4.78, 5) is 4.38. The third-order valence-electron chi connectivity index (χ3n) is 2.58. The molecule has 0 aliphatic heterocycles. The summed E-state index contributed by atoms with van der Waals surface area (Å²) < 4.78 is 15.1. The maximum absolute atomic E-state index is 13.1. The second-order valence-electron chi connectivity index (χ2n) is 4.43. The lowest BCUT2D eigenvalue weighted by Crippen LogP contribution is -2.14. The van der Waals surface area contributed by atoms with Gasteiger partial charge in [0.15, 0.2) is 0 Å². The first-order valence-electron chi connectivity index (χ1n) is 5.54. The summed E-state index contributed by atoms with van der Waals surface area (Å²) in [5.74, 6) is 0.474. The standard InChI is InChI=1S/C13H16FN3/c1-8(2)7-17-12-5-4-10(14)6-11(12)16-13(17)9(3)15/h4-6,9H,1,7,15H2,2-3H3. The Morgan fingerprint density at radius 1 is 1.59 bits per heavy atom. The van der Waals surface area contributed by atoms with Crippen LogP contribution in [0.15, 0.2) is 30.4 Å². The molecular formula is C13H16FN3. The third-order valence-corrected chi connectivity index (χ3v) is 2.58. The van der Waals surface area contributed by atoms with E-state index in [9.17, 15) is 4.39 Å². The molecule has 90 valence electrons. The van der Waals surface area contributed by atoms with Crippen molar-refractivity contribution in [3.05, 3.63) is 42.0 Å². The zero-order valence-electron chi connectivity index (χ0n) is 10.1. The minimum absolute atomic E-state index is 0.190. The van der Waals surface area contributed by atoms with E-state index in [4.69, 9.17) is 5.73 Å². The number of imidazole rings is 1. The van der Waals surface area contributed by atoms with Gasteiger partial charge >= 0.3 is 0 Å². The van der Waals surface area contributed by atoms with E-state index >= 15 is 0 Å². The van der Waals surface area contributed by atoms with Gasteiger partial charge in [0, 0.05) is 12.6 Å². The number of aromatic nitrogens is 2. The second kappa shape index (κ2) is 4.30. The lowest BCUT2D eigenvalue weighted by atomic mass is 10.2. The van der Waals surface area contributed by atoms with Crippen LogP contribution in [0.2, 0.25) is 0 Å². The number of benzene rings is 1. The highest BCUT2D eigenvalue weighted by molar-refractivity contribution is 5.76. The van der Waals surface area contributed by atoms with Crippen molar-refractivity contribution in [1.29, 1.82) is 0 Å². The van der Waals surface area contributed by atoms with Crippen LogP contribution >= 0.6 is 0 Å². The average Bonchev–Trinajstić information content (AvgIpc) is 2.55. The van der Waals surface area contributed by atoms with Crippen LogP contribution in [-0.2, 0) is 6.54 Å². The first kappa shape index (κ1) is 11.8. The van der Waals surface area contributed by atoms with Crippen molar-refractivity contribution >= 4 is 11.0 Å². The summed E-state index contributed by atoms with van der Waals surface area (Å²) in [5, 5.41) is 0. The Labute approximate surface area is 99.8 Å². The van der Waals surface area contributed by atoms with E-state index in [-0.39, 0.29) is 11.9 Å². The average molecular weight is 233 g/mol. The summed E-state index contributed by atoms with van der Waals surface area (Å²) >= 11 is 0. The van der Waals surface area contributed by atoms with Gasteiger partial charge in [-0.05, 0) is 26.0 Å². The number of hydrogen-bond acceptors (Lipinski definition) is 2. The van der Waals surface area contributed by atoms with Gasteiger partial charge in [0.25, 0.3) is 0 Å². The van der Waals surface area contributed by atoms with Crippen molar-refractivity contribution in [2.75, 3.05) is 0 Å². The highest BCUT2D eigenvalue weighted by Crippen LogP contribution is 2.21. The molecule has 2 N–H and O–H groups in total. The molecular weight excluding hydrogens is 217 g/mol. The number of nitrogens with zero attached hydrogens (tertiary/aromatic N) is 2. The monoisotopic (exact) mass is 233 g/mol. The molecule has 0 aliphatic rings. The SMILES string of the molecule is C=C(C)Cn1c(C(C)N)nc2cc(F)ccc21. The van der Waals surface area contributed by atoms with Gasteiger partial charge in [0.2, 0.25) is 0 Å². The topological polar surface area (TPSA) is 43.8 Å². The van der Waals surface area contributed by atoms with E-state index in [2.05, 4.69) is 11.6 Å². The van der Waals surface area contributed by atoms with Crippen LogP contribution in [0.3, 0.4) is 0 Å². The molecule has 0 radical (unpaired) electrons. The van der Waals surface area contributed by atoms with Gasteiger partial charge < -0.3 is 10.3 Å². The minimum atomic E-state index is -0.284. The highest BCUT2D eigenvalue weighted by atomic mass is 19.1. The predicted molar refractivity (Wildman–Crippen MR) is 67.1 cm³/mol. The molecule has 0 saturated heterocycles. The van der Waals surface area contributed by atoms with Gasteiger partial charge in [-0.15, -0.1) is 0 Å². The van der Waals surface area contributed by atoms with Crippen LogP contribution in [0.1, 0.15) is 25.7 Å². The Morgan fingerprint density at radius 2 is 2.29 bits per heavy atom. The van der Waals surface area contributed by atoms with E-state index < -0.39 is 0 Å². The van der Waals surface area contributed by atoms with Gasteiger partial charge in [-0.2, -0.15) is 0 Å². The molecule has 0 saturated carbocycles. The fourth-order valence-electron chi connectivity index (χ4n) is 1.91. The molecule has 3 nitrogen and oxygen atoms in total. The Hall–Kier alpha value is -1.68. The van der Waals surface area contributed by atoms with Crippen LogP contribution in [0.5, 0.6) is 0 Å². The largest absolute Gasteiger partial charge is 0.323 e. The molecule has 1 aromatic heterocycles. The molecule has 0 fully saturated rings. The molecule has 1 atom stereocenters. The number of hydrogen-bond donors (Lipinski definition) is 1. The number of fused-ring (bicyclic) bond motifs is 1. The van der Waals surface area contributed by atoms with Crippen LogP contribution in [0.25, 0.3) is 11.0 Å². The van der Waals surface area contributed by atoms with E-state index in [1.165, 1.54) is 12.1 Å². The summed E-state index contributed by atoms with van der Waals surface area (Å²) in [6, 6.07) is 4.40. The molecule has 17 heavy (non-hydrogen) atoms. The second-order valence-corrected chi connectivity index (χ2v) is 4.43. The van der Waals surface area contributed by atoms with Gasteiger partial charge in [0.05, 0.1) is 17.1 Å². The van der Waals surface area contributed by atoms with Crippen LogP contribution in [0, 0.1) is 5.82 Å². The summed E-state index contributed by atoms with van der Waals surface area (Å²) in [7, 11) is 0. The molecule has 0 spiro atoms. The van der Waals surface area contributed by atoms with Crippen LogP contribution in [0.4, 0.5) is 4.39 Å². The van der Waals surface area contributed by atoms with Gasteiger partial charge in [-0.25, -0.2) is 9.37 Å². The van der Waals surface area contributed by atoms with Gasteiger partial charge in [-0.1, -0.05) is 12.2 Å². The maximum Gasteiger partial charge on any atom is 0.126 e. The minimum Gasteiger partial charge on any atom is -0.323 e. The molecule has 1 unspecified atom stereocenters. The first-order chi connectivity index (χ1) is 7.99. The third kappa shape index (κ3) is 2.22. The van der Waals surface area contributed by atoms with Crippen LogP contribution < -0.4 is 5.73 Å². The highest BCUT2D eigenvalue weighted by Gasteiger charge is 2.14. The number of nitrogens with two attached hydrogens (primary N) is 1. The summed E-state index contributed by atoms with van der Waals surface area (Å²) in [5.41, 5.74) is 8.42. The lowest BCUT2D eigenvalue weighted by Gasteiger charge is -2.11. The Kier molecular flexibility index (Phi) is 2.98. The normalized spacial score (nSPS) is 12.9. The quantitative estimate of drug-likeness (QED) is 0.828. The molecule has 4 heteroatoms. The fourth-order valence-corrected chi connectivity index (χ4v) is 1.91. The van der Waals surface area contributed by atoms with Gasteiger partial charge in [-0.3, -0.25) is 0 Å². The maximum atomic E-state index is 13.1. The van der Waals surface area contributed by atoms with Crippen molar-refractivity contribution in [2.45, 2.75) is 26.4 Å². The number of allylic oxidation sites excluding steroid dienone is 1. The zero-order chi connectivity index (χ0) is 12.6. The predicted octanol–water partition coefficient (Wildman–Crippen LogP) is 2.77. The van der Waals surface area contributed by atoms with E-state index in [1.807, 2.05) is 18.4 Å². The Bertz CT molecular complexity index is 569. The van der Waals surface area contributed by atoms with Gasteiger partial charge in [0.1, 0.15) is 11.6 Å². The zero-order valence-corrected chi connectivity index (χ0v) is 10.1. The Balaban J connectivity index is 2.66. The van der Waals surface area contributed by atoms with Crippen molar-refractivity contribution in [3.8, 4) is 0 Å². The van der Waals surface area contributed by atoms with E-state index in [0.29, 0.717) is 12.1 Å². The number of rotatable bonds is 3. The smallest absolute Gasteiger partial charge is 0.126 e. The molecule has 1 aromatic carbocycles. The summed E-state index contributed by atoms with van der Waals surface area (Å²) in [6.45, 7) is 8.36. The molecule has 0 bridgehead atoms. The van der Waals surface area contributed by atoms with E-state index in [1.54, 1.807) is 6.07 Å². The summed E-state index contributed by atoms with van der Waals surface area (Å²) in [6.07, 6.45) is 0. The molecule has 1 heterocycles. The first-order valence-corrected chi connectivity index (χ1v) is 5.54. The van der Waals surface area contributed by atoms with Crippen molar-refractivity contribution in [2.24, 2.45) is 5.73 Å². The van der Waals surface area contributed by atoms with Crippen LogP contribution in [-0.4, -0.2) is 9.55 Å². The molecule has 2 aromatic rings. The fraction of sp³-hybridized carbons (Fsp3) is 0.308.